The van der Waals surface area contributed by atoms with Crippen LogP contribution in [-0.4, -0.2) is 11.1 Å². The molecule has 0 unspecified atom stereocenters. The predicted molar refractivity (Wildman–Crippen MR) is 63.8 cm³/mol. The van der Waals surface area contributed by atoms with E-state index in [1.165, 1.54) is 11.3 Å². The molecule has 3 nitrogen and oxygen atoms in total. The van der Waals surface area contributed by atoms with Crippen LogP contribution in [0.1, 0.15) is 9.67 Å². The maximum atomic E-state index is 11.2. The number of carbonyl (C=O) groups is 1. The van der Waals surface area contributed by atoms with Gasteiger partial charge in [-0.05, 0) is 12.1 Å². The first-order valence-corrected chi connectivity index (χ1v) is 5.94. The van der Waals surface area contributed by atoms with Crippen molar-refractivity contribution >= 4 is 54.9 Å². The molecule has 0 aliphatic heterocycles. The number of fused-ring (bicyclic) bond motifs is 1. The van der Waals surface area contributed by atoms with Gasteiger partial charge in [-0.2, -0.15) is 0 Å². The van der Waals surface area contributed by atoms with E-state index in [-0.39, 0.29) is 0 Å². The van der Waals surface area contributed by atoms with E-state index in [4.69, 9.17) is 16.8 Å². The normalized spacial score (nSPS) is 10.6. The topological polar surface area (TPSA) is 49.3 Å². The molecule has 1 heterocycles. The van der Waals surface area contributed by atoms with Gasteiger partial charge in [0, 0.05) is 14.6 Å². The van der Waals surface area contributed by atoms with Crippen molar-refractivity contribution in [3.63, 3.8) is 0 Å². The molecule has 1 aromatic carbocycles. The lowest BCUT2D eigenvalue weighted by atomic mass is 10.2. The Morgan fingerprint density at radius 1 is 1.53 bits per heavy atom. The van der Waals surface area contributed by atoms with Crippen LogP contribution in [0.2, 0.25) is 5.02 Å². The van der Waals surface area contributed by atoms with Gasteiger partial charge in [-0.25, -0.2) is 5.48 Å². The lowest BCUT2D eigenvalue weighted by molar-refractivity contribution is 0.0711. The molecule has 6 heteroatoms. The van der Waals surface area contributed by atoms with Crippen LogP contribution in [0.4, 0.5) is 0 Å². The molecule has 0 radical (unpaired) electrons. The number of hydroxylamine groups is 1. The maximum absolute atomic E-state index is 11.2. The summed E-state index contributed by atoms with van der Waals surface area (Å²) in [4.78, 5) is 11.6. The molecule has 0 saturated heterocycles. The van der Waals surface area contributed by atoms with Crippen LogP contribution in [0.25, 0.3) is 10.1 Å². The van der Waals surface area contributed by atoms with Crippen LogP contribution < -0.4 is 5.48 Å². The molecule has 1 amide bonds. The quantitative estimate of drug-likeness (QED) is 0.626. The van der Waals surface area contributed by atoms with E-state index in [0.717, 1.165) is 14.6 Å². The summed E-state index contributed by atoms with van der Waals surface area (Å²) < 4.78 is 1.82. The van der Waals surface area contributed by atoms with Crippen molar-refractivity contribution in [1.82, 2.24) is 5.48 Å². The van der Waals surface area contributed by atoms with E-state index in [1.54, 1.807) is 5.48 Å². The number of thiophene rings is 1. The van der Waals surface area contributed by atoms with Gasteiger partial charge in [0.25, 0.3) is 5.91 Å². The Hall–Kier alpha value is -0.620. The number of amides is 1. The highest BCUT2D eigenvalue weighted by molar-refractivity contribution is 9.10. The highest BCUT2D eigenvalue weighted by Gasteiger charge is 2.16. The van der Waals surface area contributed by atoms with Crippen molar-refractivity contribution in [2.45, 2.75) is 0 Å². The van der Waals surface area contributed by atoms with Crippen LogP contribution >= 0.6 is 38.9 Å². The van der Waals surface area contributed by atoms with E-state index < -0.39 is 5.91 Å². The number of hydrogen-bond acceptors (Lipinski definition) is 3. The number of halogens is 2. The molecule has 0 atom stereocenters. The summed E-state index contributed by atoms with van der Waals surface area (Å²) in [5, 5.41) is 9.71. The molecule has 1 aromatic heterocycles. The molecule has 2 N–H and O–H groups in total. The minimum absolute atomic E-state index is 0.312. The van der Waals surface area contributed by atoms with Crippen LogP contribution in [0.5, 0.6) is 0 Å². The first-order valence-electron chi connectivity index (χ1n) is 3.95. The average Bonchev–Trinajstić information content (AvgIpc) is 2.54. The fraction of sp³-hybridized carbons (Fsp3) is 0. The summed E-state index contributed by atoms with van der Waals surface area (Å²) >= 11 is 10.6. The second-order valence-electron chi connectivity index (χ2n) is 2.83. The Balaban J connectivity index is 2.69. The Morgan fingerprint density at radius 2 is 2.27 bits per heavy atom. The van der Waals surface area contributed by atoms with Crippen molar-refractivity contribution in [2.24, 2.45) is 0 Å². The van der Waals surface area contributed by atoms with E-state index in [0.29, 0.717) is 9.90 Å². The summed E-state index contributed by atoms with van der Waals surface area (Å²) in [6.07, 6.45) is 0. The molecular formula is C9H5BrClNO2S. The van der Waals surface area contributed by atoms with E-state index in [1.807, 2.05) is 18.2 Å². The summed E-state index contributed by atoms with van der Waals surface area (Å²) in [6, 6.07) is 5.55. The molecule has 2 aromatic rings. The zero-order valence-corrected chi connectivity index (χ0v) is 10.4. The van der Waals surface area contributed by atoms with Crippen LogP contribution in [0, 0.1) is 0 Å². The minimum Gasteiger partial charge on any atom is -0.288 e. The van der Waals surface area contributed by atoms with Crippen molar-refractivity contribution in [3.05, 3.63) is 32.6 Å². The van der Waals surface area contributed by atoms with Crippen molar-refractivity contribution in [3.8, 4) is 0 Å². The van der Waals surface area contributed by atoms with Gasteiger partial charge in [0.05, 0.1) is 5.02 Å². The number of carbonyl (C=O) groups excluding carboxylic acids is 1. The third kappa shape index (κ3) is 1.88. The summed E-state index contributed by atoms with van der Waals surface area (Å²) in [6.45, 7) is 0. The van der Waals surface area contributed by atoms with E-state index in [9.17, 15) is 4.79 Å². The smallest absolute Gasteiger partial charge is 0.286 e. The summed E-state index contributed by atoms with van der Waals surface area (Å²) in [5.74, 6) is -0.586. The van der Waals surface area contributed by atoms with E-state index >= 15 is 0 Å². The molecular weight excluding hydrogens is 302 g/mol. The van der Waals surface area contributed by atoms with Gasteiger partial charge >= 0.3 is 0 Å². The molecule has 0 aliphatic rings. The SMILES string of the molecule is O=C(NO)c1sc2cc(Br)ccc2c1Cl. The molecule has 0 bridgehead atoms. The first kappa shape index (κ1) is 10.9. The second kappa shape index (κ2) is 4.09. The third-order valence-electron chi connectivity index (χ3n) is 1.90. The van der Waals surface area contributed by atoms with Gasteiger partial charge in [-0.3, -0.25) is 10.0 Å². The van der Waals surface area contributed by atoms with Gasteiger partial charge in [0.2, 0.25) is 0 Å². The molecule has 0 spiro atoms. The van der Waals surface area contributed by atoms with Crippen molar-refractivity contribution < 1.29 is 10.0 Å². The minimum atomic E-state index is -0.586. The fourth-order valence-corrected chi connectivity index (χ4v) is 3.19. The lowest BCUT2D eigenvalue weighted by Gasteiger charge is -1.93. The lowest BCUT2D eigenvalue weighted by Crippen LogP contribution is -2.17. The molecule has 0 saturated carbocycles. The highest BCUT2D eigenvalue weighted by Crippen LogP contribution is 2.36. The number of hydrogen-bond donors (Lipinski definition) is 2. The standard InChI is InChI=1S/C9H5BrClNO2S/c10-4-1-2-5-6(3-4)15-8(7(5)11)9(13)12-14/h1-3,14H,(H,12,13). The summed E-state index contributed by atoms with van der Waals surface area (Å²) in [5.41, 5.74) is 1.57. The molecule has 0 fully saturated rings. The van der Waals surface area contributed by atoms with Gasteiger partial charge in [-0.1, -0.05) is 33.6 Å². The molecule has 0 aliphatic carbocycles. The highest BCUT2D eigenvalue weighted by atomic mass is 79.9. The van der Waals surface area contributed by atoms with Gasteiger partial charge in [-0.15, -0.1) is 11.3 Å². The second-order valence-corrected chi connectivity index (χ2v) is 5.17. The van der Waals surface area contributed by atoms with Gasteiger partial charge < -0.3 is 0 Å². The molecule has 15 heavy (non-hydrogen) atoms. The van der Waals surface area contributed by atoms with Crippen LogP contribution in [0.15, 0.2) is 22.7 Å². The van der Waals surface area contributed by atoms with Gasteiger partial charge in [0.1, 0.15) is 4.88 Å². The number of nitrogens with one attached hydrogen (secondary N) is 1. The molecule has 2 rings (SSSR count). The van der Waals surface area contributed by atoms with Crippen molar-refractivity contribution in [2.75, 3.05) is 0 Å². The van der Waals surface area contributed by atoms with Gasteiger partial charge in [0.15, 0.2) is 0 Å². The number of rotatable bonds is 1. The Morgan fingerprint density at radius 3 is 2.93 bits per heavy atom. The third-order valence-corrected chi connectivity index (χ3v) is 4.05. The fourth-order valence-electron chi connectivity index (χ4n) is 1.24. The Bertz CT molecular complexity index is 540. The summed E-state index contributed by atoms with van der Waals surface area (Å²) in [7, 11) is 0. The maximum Gasteiger partial charge on any atom is 0.286 e. The zero-order valence-electron chi connectivity index (χ0n) is 7.25. The Kier molecular flexibility index (Phi) is 2.97. The monoisotopic (exact) mass is 305 g/mol. The first-order chi connectivity index (χ1) is 7.13. The molecule has 78 valence electrons. The van der Waals surface area contributed by atoms with Crippen LogP contribution in [-0.2, 0) is 0 Å². The van der Waals surface area contributed by atoms with Crippen molar-refractivity contribution in [1.29, 1.82) is 0 Å². The predicted octanol–water partition coefficient (Wildman–Crippen LogP) is 3.44. The largest absolute Gasteiger partial charge is 0.288 e. The average molecular weight is 307 g/mol. The Labute approximate surface area is 103 Å². The van der Waals surface area contributed by atoms with Crippen LogP contribution in [0.3, 0.4) is 0 Å². The van der Waals surface area contributed by atoms with E-state index in [2.05, 4.69) is 15.9 Å². The number of benzene rings is 1. The zero-order chi connectivity index (χ0) is 11.0.